The summed E-state index contributed by atoms with van der Waals surface area (Å²) in [6.07, 6.45) is 5.35. The van der Waals surface area contributed by atoms with E-state index in [1.54, 1.807) is 19.6 Å². The van der Waals surface area contributed by atoms with Crippen molar-refractivity contribution in [3.05, 3.63) is 114 Å². The first-order valence-corrected chi connectivity index (χ1v) is 13.5. The van der Waals surface area contributed by atoms with Gasteiger partial charge in [0, 0.05) is 51.3 Å². The summed E-state index contributed by atoms with van der Waals surface area (Å²) < 4.78 is 24.9. The average molecular weight is 554 g/mol. The van der Waals surface area contributed by atoms with E-state index in [9.17, 15) is 0 Å². The molecule has 0 atom stereocenters. The highest BCUT2D eigenvalue weighted by molar-refractivity contribution is 5.49. The van der Waals surface area contributed by atoms with Gasteiger partial charge in [-0.2, -0.15) is 10.1 Å². The van der Waals surface area contributed by atoms with E-state index < -0.39 is 0 Å². The second-order valence-electron chi connectivity index (χ2n) is 9.74. The molecule has 3 aromatic carbocycles. The molecule has 0 aliphatic heterocycles. The summed E-state index contributed by atoms with van der Waals surface area (Å²) in [6, 6.07) is 26.7. The van der Waals surface area contributed by atoms with Gasteiger partial charge in [-0.25, -0.2) is 4.68 Å². The first-order chi connectivity index (χ1) is 20.1. The SMILES string of the molecule is COc1cccc(CN(Cc2cccc(-n3cccn3)c2)c2nc(COCCOc3cccc(N(C)C)c3)co2)c1. The van der Waals surface area contributed by atoms with E-state index in [1.807, 2.05) is 90.5 Å². The topological polar surface area (TPSA) is 78.0 Å². The fraction of sp³-hybridized carbons (Fsp3) is 0.250. The molecular formula is C32H35N5O4. The van der Waals surface area contributed by atoms with Gasteiger partial charge in [-0.1, -0.05) is 30.3 Å². The highest BCUT2D eigenvalue weighted by Gasteiger charge is 2.16. The summed E-state index contributed by atoms with van der Waals surface area (Å²) in [4.78, 5) is 8.88. The van der Waals surface area contributed by atoms with Crippen LogP contribution in [0.15, 0.2) is 102 Å². The van der Waals surface area contributed by atoms with Gasteiger partial charge in [0.25, 0.3) is 6.01 Å². The maximum atomic E-state index is 5.94. The Bertz CT molecular complexity index is 1520. The number of oxazole rings is 1. The van der Waals surface area contributed by atoms with Crippen LogP contribution in [-0.2, 0) is 24.4 Å². The number of hydrogen-bond acceptors (Lipinski definition) is 8. The normalized spacial score (nSPS) is 10.9. The van der Waals surface area contributed by atoms with Crippen molar-refractivity contribution in [1.82, 2.24) is 14.8 Å². The predicted molar refractivity (Wildman–Crippen MR) is 159 cm³/mol. The summed E-state index contributed by atoms with van der Waals surface area (Å²) in [5.41, 5.74) is 4.98. The smallest absolute Gasteiger partial charge is 0.298 e. The molecule has 2 heterocycles. The lowest BCUT2D eigenvalue weighted by Crippen LogP contribution is -2.22. The van der Waals surface area contributed by atoms with Gasteiger partial charge in [0.1, 0.15) is 30.1 Å². The molecule has 9 heteroatoms. The van der Waals surface area contributed by atoms with E-state index in [-0.39, 0.29) is 0 Å². The third kappa shape index (κ3) is 7.67. The van der Waals surface area contributed by atoms with Gasteiger partial charge in [0.2, 0.25) is 0 Å². The molecule has 0 unspecified atom stereocenters. The maximum Gasteiger partial charge on any atom is 0.298 e. The Morgan fingerprint density at radius 1 is 0.854 bits per heavy atom. The molecular weight excluding hydrogens is 518 g/mol. The summed E-state index contributed by atoms with van der Waals surface area (Å²) in [5, 5.41) is 4.36. The number of benzene rings is 3. The maximum absolute atomic E-state index is 5.94. The average Bonchev–Trinajstić information content (AvgIpc) is 3.70. The Balaban J connectivity index is 1.23. The van der Waals surface area contributed by atoms with Crippen molar-refractivity contribution in [2.75, 3.05) is 44.2 Å². The zero-order chi connectivity index (χ0) is 28.4. The number of methoxy groups -OCH3 is 1. The van der Waals surface area contributed by atoms with Crippen molar-refractivity contribution < 1.29 is 18.6 Å². The Kier molecular flexibility index (Phi) is 9.18. The molecule has 0 aliphatic carbocycles. The molecule has 5 rings (SSSR count). The third-order valence-corrected chi connectivity index (χ3v) is 6.45. The summed E-state index contributed by atoms with van der Waals surface area (Å²) >= 11 is 0. The summed E-state index contributed by atoms with van der Waals surface area (Å²) in [6.45, 7) is 2.38. The molecule has 212 valence electrons. The minimum atomic E-state index is 0.326. The molecule has 0 spiro atoms. The van der Waals surface area contributed by atoms with E-state index in [2.05, 4.69) is 28.2 Å². The van der Waals surface area contributed by atoms with Gasteiger partial charge in [-0.3, -0.25) is 0 Å². The Morgan fingerprint density at radius 2 is 1.63 bits per heavy atom. The van der Waals surface area contributed by atoms with Gasteiger partial charge in [0.15, 0.2) is 0 Å². The second kappa shape index (κ2) is 13.5. The fourth-order valence-corrected chi connectivity index (χ4v) is 4.38. The molecule has 9 nitrogen and oxygen atoms in total. The van der Waals surface area contributed by atoms with Crippen molar-refractivity contribution in [2.24, 2.45) is 0 Å². The van der Waals surface area contributed by atoms with E-state index in [0.29, 0.717) is 38.9 Å². The standard InChI is InChI=1S/C32H35N5O4/c1-35(2)28-10-6-13-31(20-28)40-17-16-39-23-27-24-41-32(34-27)36(22-26-9-5-12-30(19-26)38-3)21-25-8-4-11-29(18-25)37-15-7-14-33-37/h4-15,18-20,24H,16-17,21-23H2,1-3H3. The largest absolute Gasteiger partial charge is 0.497 e. The van der Waals surface area contributed by atoms with Crippen LogP contribution >= 0.6 is 0 Å². The number of rotatable bonds is 14. The highest BCUT2D eigenvalue weighted by atomic mass is 16.5. The van der Waals surface area contributed by atoms with Crippen LogP contribution in [0.2, 0.25) is 0 Å². The molecule has 0 bridgehead atoms. The number of hydrogen-bond donors (Lipinski definition) is 0. The summed E-state index contributed by atoms with van der Waals surface area (Å²) in [5.74, 6) is 1.62. The molecule has 0 radical (unpaired) electrons. The van der Waals surface area contributed by atoms with E-state index in [4.69, 9.17) is 23.6 Å². The zero-order valence-corrected chi connectivity index (χ0v) is 23.6. The number of nitrogens with zero attached hydrogens (tertiary/aromatic N) is 5. The molecule has 0 fully saturated rings. The van der Waals surface area contributed by atoms with Gasteiger partial charge in [-0.15, -0.1) is 0 Å². The quantitative estimate of drug-likeness (QED) is 0.161. The Labute approximate surface area is 240 Å². The predicted octanol–water partition coefficient (Wildman–Crippen LogP) is 5.74. The first-order valence-electron chi connectivity index (χ1n) is 13.5. The van der Waals surface area contributed by atoms with Crippen molar-refractivity contribution in [3.63, 3.8) is 0 Å². The molecule has 2 aromatic heterocycles. The van der Waals surface area contributed by atoms with Crippen molar-refractivity contribution >= 4 is 11.7 Å². The van der Waals surface area contributed by atoms with E-state index >= 15 is 0 Å². The van der Waals surface area contributed by atoms with Crippen LogP contribution in [0.5, 0.6) is 11.5 Å². The van der Waals surface area contributed by atoms with Gasteiger partial charge >= 0.3 is 0 Å². The van der Waals surface area contributed by atoms with Crippen LogP contribution in [0.3, 0.4) is 0 Å². The van der Waals surface area contributed by atoms with E-state index in [0.717, 1.165) is 39.7 Å². The van der Waals surface area contributed by atoms with Gasteiger partial charge in [-0.05, 0) is 53.6 Å². The van der Waals surface area contributed by atoms with Crippen LogP contribution in [0.4, 0.5) is 11.7 Å². The monoisotopic (exact) mass is 553 g/mol. The van der Waals surface area contributed by atoms with Crippen LogP contribution in [-0.4, -0.2) is 49.2 Å². The minimum absolute atomic E-state index is 0.326. The number of anilines is 2. The molecule has 0 N–H and O–H groups in total. The van der Waals surface area contributed by atoms with Crippen LogP contribution in [0.25, 0.3) is 5.69 Å². The van der Waals surface area contributed by atoms with Crippen LogP contribution in [0, 0.1) is 0 Å². The highest BCUT2D eigenvalue weighted by Crippen LogP contribution is 2.23. The van der Waals surface area contributed by atoms with Crippen LogP contribution < -0.4 is 19.3 Å². The number of ether oxygens (including phenoxy) is 3. The Hall–Kier alpha value is -4.76. The second-order valence-corrected chi connectivity index (χ2v) is 9.74. The van der Waals surface area contributed by atoms with E-state index in [1.165, 1.54) is 0 Å². The number of aromatic nitrogens is 3. The zero-order valence-electron chi connectivity index (χ0n) is 23.6. The molecule has 0 aliphatic rings. The van der Waals surface area contributed by atoms with Crippen molar-refractivity contribution in [2.45, 2.75) is 19.7 Å². The fourth-order valence-electron chi connectivity index (χ4n) is 4.38. The molecule has 0 saturated carbocycles. The lowest BCUT2D eigenvalue weighted by atomic mass is 10.1. The minimum Gasteiger partial charge on any atom is -0.497 e. The van der Waals surface area contributed by atoms with Gasteiger partial charge in [0.05, 0.1) is 26.0 Å². The molecule has 0 amide bonds. The summed E-state index contributed by atoms with van der Waals surface area (Å²) in [7, 11) is 5.68. The van der Waals surface area contributed by atoms with Crippen molar-refractivity contribution in [3.8, 4) is 17.2 Å². The molecule has 5 aromatic rings. The Morgan fingerprint density at radius 3 is 2.41 bits per heavy atom. The lowest BCUT2D eigenvalue weighted by molar-refractivity contribution is 0.0869. The van der Waals surface area contributed by atoms with Crippen LogP contribution in [0.1, 0.15) is 16.8 Å². The van der Waals surface area contributed by atoms with Crippen molar-refractivity contribution in [1.29, 1.82) is 0 Å². The molecule has 0 saturated heterocycles. The molecule has 41 heavy (non-hydrogen) atoms. The third-order valence-electron chi connectivity index (χ3n) is 6.45. The lowest BCUT2D eigenvalue weighted by Gasteiger charge is -2.21. The first kappa shape index (κ1) is 27.8. The van der Waals surface area contributed by atoms with Gasteiger partial charge < -0.3 is 28.4 Å².